The van der Waals surface area contributed by atoms with E-state index in [0.29, 0.717) is 9.16 Å². The molecule has 0 aromatic carbocycles. The highest BCUT2D eigenvalue weighted by atomic mass is 32.2. The smallest absolute Gasteiger partial charge is 0.0667 e. The Morgan fingerprint density at radius 3 is 1.71 bits per heavy atom. The van der Waals surface area contributed by atoms with Crippen LogP contribution in [-0.2, 0) is 0 Å². The predicted octanol–water partition coefficient (Wildman–Crippen LogP) is 1.80. The maximum Gasteiger partial charge on any atom is 0.0667 e. The zero-order chi connectivity index (χ0) is 5.28. The van der Waals surface area contributed by atoms with E-state index < -0.39 is 0 Å². The van der Waals surface area contributed by atoms with E-state index >= 15 is 0 Å². The van der Waals surface area contributed by atoms with Crippen LogP contribution in [0, 0.1) is 0 Å². The van der Waals surface area contributed by atoms with Gasteiger partial charge in [-0.05, 0) is 0 Å². The lowest BCUT2D eigenvalue weighted by atomic mass is 10.6. The monoisotopic (exact) mass is 150 g/mol. The summed E-state index contributed by atoms with van der Waals surface area (Å²) in [5, 5.41) is 0. The molecule has 0 fully saturated rings. The van der Waals surface area contributed by atoms with Crippen molar-refractivity contribution in [1.82, 2.24) is 0 Å². The van der Waals surface area contributed by atoms with Crippen LogP contribution < -0.4 is 0 Å². The summed E-state index contributed by atoms with van der Waals surface area (Å²) in [6.45, 7) is 0. The first-order valence-corrected chi connectivity index (χ1v) is 3.96. The maximum atomic E-state index is 4.18. The fourth-order valence-corrected chi connectivity index (χ4v) is 2.35. The number of thioether (sulfide) groups is 1. The normalized spacial score (nSPS) is 39.7. The summed E-state index contributed by atoms with van der Waals surface area (Å²) in [7, 11) is 0. The molecule has 2 atom stereocenters. The molecule has 0 saturated carbocycles. The summed E-state index contributed by atoms with van der Waals surface area (Å²) >= 11 is 10.1. The molecule has 0 radical (unpaired) electrons. The third-order valence-corrected chi connectivity index (χ3v) is 2.67. The van der Waals surface area contributed by atoms with Crippen LogP contribution in [0.1, 0.15) is 0 Å². The first-order chi connectivity index (χ1) is 3.29. The van der Waals surface area contributed by atoms with E-state index in [4.69, 9.17) is 0 Å². The van der Waals surface area contributed by atoms with Gasteiger partial charge in [0.25, 0.3) is 0 Å². The van der Waals surface area contributed by atoms with Gasteiger partial charge in [-0.1, -0.05) is 12.2 Å². The lowest BCUT2D eigenvalue weighted by molar-refractivity contribution is 1.68. The van der Waals surface area contributed by atoms with E-state index in [-0.39, 0.29) is 0 Å². The van der Waals surface area contributed by atoms with Crippen molar-refractivity contribution in [3.8, 4) is 0 Å². The number of thiol groups is 2. The number of hydrogen-bond acceptors (Lipinski definition) is 3. The standard InChI is InChI=1S/C4H6S3/c5-3-1-2-4(6)7-3/h1-6H. The lowest BCUT2D eigenvalue weighted by Gasteiger charge is -1.96. The van der Waals surface area contributed by atoms with Gasteiger partial charge in [0.1, 0.15) is 0 Å². The zero-order valence-electron chi connectivity index (χ0n) is 3.61. The van der Waals surface area contributed by atoms with Gasteiger partial charge in [-0.3, -0.25) is 0 Å². The first kappa shape index (κ1) is 5.92. The van der Waals surface area contributed by atoms with Crippen LogP contribution in [-0.4, -0.2) is 9.16 Å². The van der Waals surface area contributed by atoms with Gasteiger partial charge in [0.05, 0.1) is 9.16 Å². The maximum absolute atomic E-state index is 4.18. The Morgan fingerprint density at radius 1 is 1.14 bits per heavy atom. The van der Waals surface area contributed by atoms with Crippen molar-refractivity contribution in [2.45, 2.75) is 9.16 Å². The van der Waals surface area contributed by atoms with Gasteiger partial charge in [-0.25, -0.2) is 0 Å². The zero-order valence-corrected chi connectivity index (χ0v) is 6.22. The van der Waals surface area contributed by atoms with Crippen molar-refractivity contribution < 1.29 is 0 Å². The number of rotatable bonds is 0. The van der Waals surface area contributed by atoms with Crippen LogP contribution in [0.2, 0.25) is 0 Å². The lowest BCUT2D eigenvalue weighted by Crippen LogP contribution is -1.80. The van der Waals surface area contributed by atoms with Crippen LogP contribution in [0.25, 0.3) is 0 Å². The largest absolute Gasteiger partial charge is 0.161 e. The second kappa shape index (κ2) is 2.37. The highest BCUT2D eigenvalue weighted by molar-refractivity contribution is 8.17. The van der Waals surface area contributed by atoms with E-state index in [0.717, 1.165) is 0 Å². The highest BCUT2D eigenvalue weighted by Crippen LogP contribution is 2.31. The molecule has 7 heavy (non-hydrogen) atoms. The minimum atomic E-state index is 0.377. The molecule has 0 aliphatic carbocycles. The molecule has 3 heteroatoms. The molecule has 1 aliphatic heterocycles. The Kier molecular flexibility index (Phi) is 2.01. The minimum Gasteiger partial charge on any atom is -0.161 e. The minimum absolute atomic E-state index is 0.377. The summed E-state index contributed by atoms with van der Waals surface area (Å²) in [5.41, 5.74) is 0. The fraction of sp³-hybridized carbons (Fsp3) is 0.500. The van der Waals surface area contributed by atoms with Gasteiger partial charge in [0.15, 0.2) is 0 Å². The summed E-state index contributed by atoms with van der Waals surface area (Å²) in [6, 6.07) is 0. The molecule has 2 unspecified atom stereocenters. The average Bonchev–Trinajstić information content (AvgIpc) is 1.87. The van der Waals surface area contributed by atoms with Gasteiger partial charge < -0.3 is 0 Å². The average molecular weight is 150 g/mol. The van der Waals surface area contributed by atoms with Gasteiger partial charge in [-0.2, -0.15) is 25.3 Å². The second-order valence-corrected chi connectivity index (χ2v) is 4.40. The molecule has 0 nitrogen and oxygen atoms in total. The van der Waals surface area contributed by atoms with Gasteiger partial charge in [-0.15, -0.1) is 11.8 Å². The molecular weight excluding hydrogens is 144 g/mol. The molecule has 1 heterocycles. The van der Waals surface area contributed by atoms with Crippen LogP contribution in [0.5, 0.6) is 0 Å². The summed E-state index contributed by atoms with van der Waals surface area (Å²) in [5.74, 6) is 0. The molecule has 1 rings (SSSR count). The SMILES string of the molecule is SC1C=CC(S)S1. The highest BCUT2D eigenvalue weighted by Gasteiger charge is 2.10. The molecule has 0 bridgehead atoms. The van der Waals surface area contributed by atoms with Crippen molar-refractivity contribution >= 4 is 37.0 Å². The topological polar surface area (TPSA) is 0 Å². The molecule has 1 aliphatic rings. The summed E-state index contributed by atoms with van der Waals surface area (Å²) in [4.78, 5) is 0. The van der Waals surface area contributed by atoms with E-state index in [1.807, 2.05) is 12.2 Å². The van der Waals surface area contributed by atoms with Crippen molar-refractivity contribution in [2.24, 2.45) is 0 Å². The van der Waals surface area contributed by atoms with Crippen LogP contribution >= 0.6 is 37.0 Å². The Morgan fingerprint density at radius 2 is 1.57 bits per heavy atom. The van der Waals surface area contributed by atoms with Gasteiger partial charge >= 0.3 is 0 Å². The summed E-state index contributed by atoms with van der Waals surface area (Å²) in [6.07, 6.45) is 4.09. The molecular formula is C4H6S3. The van der Waals surface area contributed by atoms with E-state index in [1.165, 1.54) is 0 Å². The van der Waals surface area contributed by atoms with Crippen LogP contribution in [0.3, 0.4) is 0 Å². The molecule has 0 aromatic heterocycles. The van der Waals surface area contributed by atoms with Crippen molar-refractivity contribution in [2.75, 3.05) is 0 Å². The third kappa shape index (κ3) is 1.63. The van der Waals surface area contributed by atoms with Crippen molar-refractivity contribution in [3.63, 3.8) is 0 Å². The fourth-order valence-electron chi connectivity index (χ4n) is 0.424. The van der Waals surface area contributed by atoms with E-state index in [9.17, 15) is 0 Å². The Balaban J connectivity index is 2.42. The van der Waals surface area contributed by atoms with Crippen molar-refractivity contribution in [3.05, 3.63) is 12.2 Å². The molecule has 0 N–H and O–H groups in total. The Hall–Kier alpha value is 0.790. The van der Waals surface area contributed by atoms with E-state index in [2.05, 4.69) is 25.3 Å². The van der Waals surface area contributed by atoms with Crippen LogP contribution in [0.4, 0.5) is 0 Å². The summed E-state index contributed by atoms with van der Waals surface area (Å²) < 4.78 is 0.755. The molecule has 0 aromatic rings. The van der Waals surface area contributed by atoms with Gasteiger partial charge in [0.2, 0.25) is 0 Å². The van der Waals surface area contributed by atoms with E-state index in [1.54, 1.807) is 11.8 Å². The second-order valence-electron chi connectivity index (χ2n) is 1.30. The molecule has 0 saturated heterocycles. The predicted molar refractivity (Wildman–Crippen MR) is 42.3 cm³/mol. The van der Waals surface area contributed by atoms with Gasteiger partial charge in [0, 0.05) is 0 Å². The number of hydrogen-bond donors (Lipinski definition) is 2. The molecule has 40 valence electrons. The van der Waals surface area contributed by atoms with Crippen LogP contribution in [0.15, 0.2) is 12.2 Å². The quantitative estimate of drug-likeness (QED) is 0.392. The third-order valence-electron chi connectivity index (χ3n) is 0.719. The Labute approximate surface area is 58.6 Å². The molecule has 0 amide bonds. The Bertz CT molecular complexity index is 78.9. The first-order valence-electron chi connectivity index (χ1n) is 1.99. The van der Waals surface area contributed by atoms with Crippen molar-refractivity contribution in [1.29, 1.82) is 0 Å². The molecule has 0 spiro atoms.